The van der Waals surface area contributed by atoms with Crippen molar-refractivity contribution in [1.29, 1.82) is 0 Å². The van der Waals surface area contributed by atoms with E-state index in [4.69, 9.17) is 4.74 Å². The van der Waals surface area contributed by atoms with E-state index in [2.05, 4.69) is 10.6 Å². The summed E-state index contributed by atoms with van der Waals surface area (Å²) in [6, 6.07) is 26.7. The summed E-state index contributed by atoms with van der Waals surface area (Å²) in [5.41, 5.74) is 1.79. The molecule has 0 fully saturated rings. The highest BCUT2D eigenvalue weighted by atomic mass is 32.2. The molecule has 2 N–H and O–H groups in total. The van der Waals surface area contributed by atoms with Crippen molar-refractivity contribution < 1.29 is 19.1 Å². The molecule has 0 aliphatic heterocycles. The van der Waals surface area contributed by atoms with Gasteiger partial charge in [0.25, 0.3) is 11.8 Å². The summed E-state index contributed by atoms with van der Waals surface area (Å²) < 4.78 is 5.20. The number of carbonyl (C=O) groups is 3. The first-order valence-corrected chi connectivity index (χ1v) is 13.2. The maximum absolute atomic E-state index is 13.3. The molecule has 186 valence electrons. The minimum absolute atomic E-state index is 0.0581. The zero-order valence-electron chi connectivity index (χ0n) is 20.0. The summed E-state index contributed by atoms with van der Waals surface area (Å²) in [4.78, 5) is 40.0. The van der Waals surface area contributed by atoms with E-state index in [0.29, 0.717) is 22.8 Å². The number of benzene rings is 3. The Balaban J connectivity index is 1.50. The number of hydrogen-bond acceptors (Lipinski definition) is 6. The Morgan fingerprint density at radius 3 is 2.41 bits per heavy atom. The number of nitrogens with one attached hydrogen (secondary N) is 2. The van der Waals surface area contributed by atoms with Crippen LogP contribution in [0.1, 0.15) is 25.6 Å². The molecule has 0 aliphatic rings. The van der Waals surface area contributed by atoms with Crippen LogP contribution < -0.4 is 15.4 Å². The summed E-state index contributed by atoms with van der Waals surface area (Å²) in [6.45, 7) is 0. The molecule has 2 amide bonds. The molecule has 0 bridgehead atoms. The van der Waals surface area contributed by atoms with E-state index in [1.807, 2.05) is 35.7 Å². The number of carbonyl (C=O) groups excluding carboxylic acids is 3. The second-order valence-corrected chi connectivity index (χ2v) is 9.82. The average Bonchev–Trinajstić information content (AvgIpc) is 3.48. The lowest BCUT2D eigenvalue weighted by Crippen LogP contribution is -2.30. The highest BCUT2D eigenvalue weighted by molar-refractivity contribution is 8.00. The van der Waals surface area contributed by atoms with Crippen molar-refractivity contribution in [3.05, 3.63) is 118 Å². The van der Waals surface area contributed by atoms with Crippen molar-refractivity contribution in [2.45, 2.75) is 4.90 Å². The predicted molar refractivity (Wildman–Crippen MR) is 149 cm³/mol. The zero-order valence-corrected chi connectivity index (χ0v) is 21.6. The van der Waals surface area contributed by atoms with Crippen molar-refractivity contribution in [3.63, 3.8) is 0 Å². The molecule has 3 aromatic carbocycles. The Morgan fingerprint density at radius 2 is 1.70 bits per heavy atom. The number of rotatable bonds is 10. The quantitative estimate of drug-likeness (QED) is 0.147. The number of hydrogen-bond donors (Lipinski definition) is 2. The lowest BCUT2D eigenvalue weighted by atomic mass is 10.1. The van der Waals surface area contributed by atoms with Gasteiger partial charge in [-0.15, -0.1) is 23.1 Å². The van der Waals surface area contributed by atoms with E-state index in [9.17, 15) is 14.4 Å². The summed E-state index contributed by atoms with van der Waals surface area (Å²) in [7, 11) is 1.58. The molecule has 0 atom stereocenters. The van der Waals surface area contributed by atoms with Gasteiger partial charge in [0, 0.05) is 16.1 Å². The third-order valence-corrected chi connectivity index (χ3v) is 7.12. The Labute approximate surface area is 223 Å². The van der Waals surface area contributed by atoms with E-state index in [0.717, 1.165) is 15.3 Å². The van der Waals surface area contributed by atoms with E-state index in [1.165, 1.54) is 23.1 Å². The summed E-state index contributed by atoms with van der Waals surface area (Å²) in [5, 5.41) is 7.46. The Hall–Kier alpha value is -4.14. The van der Waals surface area contributed by atoms with Gasteiger partial charge in [-0.3, -0.25) is 14.4 Å². The molecule has 0 spiro atoms. The smallest absolute Gasteiger partial charge is 0.272 e. The van der Waals surface area contributed by atoms with E-state index >= 15 is 0 Å². The molecule has 0 unspecified atom stereocenters. The number of ether oxygens (including phenoxy) is 1. The molecule has 4 aromatic rings. The standard InChI is InChI=1S/C29H24N2O4S2/c1-35-23-14-12-20(13-15-23)17-25(31-28(33)21-7-3-2-4-8-21)29(34)30-22-9-5-10-24(18-22)37-19-26(32)27-11-6-16-36-27/h2-18H,19H2,1H3,(H,30,34)(H,31,33)/b25-17-. The van der Waals surface area contributed by atoms with Crippen molar-refractivity contribution in [2.24, 2.45) is 0 Å². The first kappa shape index (κ1) is 25.9. The lowest BCUT2D eigenvalue weighted by molar-refractivity contribution is -0.113. The van der Waals surface area contributed by atoms with Gasteiger partial charge in [0.15, 0.2) is 5.78 Å². The molecule has 0 saturated carbocycles. The number of thiophene rings is 1. The van der Waals surface area contributed by atoms with Crippen molar-refractivity contribution in [2.75, 3.05) is 18.2 Å². The number of ketones is 1. The number of thioether (sulfide) groups is 1. The second kappa shape index (κ2) is 12.7. The Morgan fingerprint density at radius 1 is 0.919 bits per heavy atom. The molecule has 1 heterocycles. The van der Waals surface area contributed by atoms with Crippen LogP contribution in [0.15, 0.2) is 107 Å². The van der Waals surface area contributed by atoms with Crippen molar-refractivity contribution in [1.82, 2.24) is 5.32 Å². The molecule has 0 saturated heterocycles. The molecule has 0 radical (unpaired) electrons. The fourth-order valence-corrected chi connectivity index (χ4v) is 4.92. The zero-order chi connectivity index (χ0) is 26.0. The van der Waals surface area contributed by atoms with Crippen LogP contribution in [0.2, 0.25) is 0 Å². The number of Topliss-reactive ketones (excluding diaryl/α,β-unsaturated/α-hetero) is 1. The topological polar surface area (TPSA) is 84.5 Å². The average molecular weight is 529 g/mol. The molecule has 4 rings (SSSR count). The fraction of sp³-hybridized carbons (Fsp3) is 0.0690. The van der Waals surface area contributed by atoms with Gasteiger partial charge in [-0.25, -0.2) is 0 Å². The maximum atomic E-state index is 13.3. The van der Waals surface area contributed by atoms with Gasteiger partial charge in [-0.05, 0) is 65.6 Å². The Bertz CT molecular complexity index is 1400. The number of amides is 2. The normalized spacial score (nSPS) is 11.0. The summed E-state index contributed by atoms with van der Waals surface area (Å²) in [5.74, 6) is 0.170. The van der Waals surface area contributed by atoms with Crippen LogP contribution in [0.3, 0.4) is 0 Å². The van der Waals surface area contributed by atoms with Gasteiger partial charge in [-0.2, -0.15) is 0 Å². The first-order valence-electron chi connectivity index (χ1n) is 11.3. The summed E-state index contributed by atoms with van der Waals surface area (Å²) >= 11 is 2.82. The molecular formula is C29H24N2O4S2. The highest BCUT2D eigenvalue weighted by Crippen LogP contribution is 2.24. The Kier molecular flexibility index (Phi) is 8.91. The van der Waals surface area contributed by atoms with Crippen LogP contribution in [0, 0.1) is 0 Å². The number of methoxy groups -OCH3 is 1. The SMILES string of the molecule is COc1ccc(/C=C(\NC(=O)c2ccccc2)C(=O)Nc2cccc(SCC(=O)c3cccs3)c2)cc1. The van der Waals surface area contributed by atoms with Gasteiger partial charge < -0.3 is 15.4 Å². The minimum Gasteiger partial charge on any atom is -0.497 e. The van der Waals surface area contributed by atoms with Gasteiger partial charge in [-0.1, -0.05) is 42.5 Å². The third kappa shape index (κ3) is 7.42. The molecule has 1 aromatic heterocycles. The van der Waals surface area contributed by atoms with Gasteiger partial charge >= 0.3 is 0 Å². The monoisotopic (exact) mass is 528 g/mol. The second-order valence-electron chi connectivity index (χ2n) is 7.82. The fourth-order valence-electron chi connectivity index (χ4n) is 3.33. The molecule has 6 nitrogen and oxygen atoms in total. The van der Waals surface area contributed by atoms with Gasteiger partial charge in [0.1, 0.15) is 11.4 Å². The highest BCUT2D eigenvalue weighted by Gasteiger charge is 2.16. The van der Waals surface area contributed by atoms with Crippen LogP contribution in [-0.4, -0.2) is 30.5 Å². The molecule has 8 heteroatoms. The molecule has 37 heavy (non-hydrogen) atoms. The van der Waals surface area contributed by atoms with Crippen LogP contribution in [0.5, 0.6) is 5.75 Å². The van der Waals surface area contributed by atoms with E-state index in [1.54, 1.807) is 73.8 Å². The van der Waals surface area contributed by atoms with Crippen LogP contribution >= 0.6 is 23.1 Å². The van der Waals surface area contributed by atoms with E-state index in [-0.39, 0.29) is 11.5 Å². The van der Waals surface area contributed by atoms with Crippen molar-refractivity contribution in [3.8, 4) is 5.75 Å². The van der Waals surface area contributed by atoms with Crippen LogP contribution in [0.25, 0.3) is 6.08 Å². The molecule has 0 aliphatic carbocycles. The number of anilines is 1. The first-order chi connectivity index (χ1) is 18.0. The van der Waals surface area contributed by atoms with Gasteiger partial charge in [0.05, 0.1) is 17.7 Å². The third-order valence-electron chi connectivity index (χ3n) is 5.21. The van der Waals surface area contributed by atoms with Gasteiger partial charge in [0.2, 0.25) is 0 Å². The summed E-state index contributed by atoms with van der Waals surface area (Å²) in [6.07, 6.45) is 1.61. The minimum atomic E-state index is -0.475. The van der Waals surface area contributed by atoms with Crippen LogP contribution in [0.4, 0.5) is 5.69 Å². The maximum Gasteiger partial charge on any atom is 0.272 e. The predicted octanol–water partition coefficient (Wildman–Crippen LogP) is 6.14. The van der Waals surface area contributed by atoms with E-state index < -0.39 is 11.8 Å². The van der Waals surface area contributed by atoms with Crippen LogP contribution in [-0.2, 0) is 4.79 Å². The lowest BCUT2D eigenvalue weighted by Gasteiger charge is -2.12. The molecular weight excluding hydrogens is 504 g/mol. The van der Waals surface area contributed by atoms with Crippen molar-refractivity contribution >= 4 is 52.5 Å². The largest absolute Gasteiger partial charge is 0.497 e.